The van der Waals surface area contributed by atoms with Gasteiger partial charge in [-0.1, -0.05) is 17.7 Å². The molecule has 0 saturated heterocycles. The summed E-state index contributed by atoms with van der Waals surface area (Å²) in [6.07, 6.45) is 1.76. The van der Waals surface area contributed by atoms with Crippen molar-refractivity contribution in [2.45, 2.75) is 50.9 Å². The first-order valence-electron chi connectivity index (χ1n) is 8.68. The Morgan fingerprint density at radius 1 is 1.44 bits per heavy atom. The van der Waals surface area contributed by atoms with Crippen molar-refractivity contribution in [3.63, 3.8) is 0 Å². The molecular weight excluding hydrogens is 452 g/mol. The Hall–Kier alpha value is -1.06. The average Bonchev–Trinajstić information content (AvgIpc) is 3.03. The molecule has 6 nitrogen and oxygen atoms in total. The number of anilines is 1. The zero-order valence-corrected chi connectivity index (χ0v) is 18.5. The summed E-state index contributed by atoms with van der Waals surface area (Å²) in [6, 6.07) is 7.00. The second-order valence-corrected chi connectivity index (χ2v) is 10.7. The van der Waals surface area contributed by atoms with E-state index in [4.69, 9.17) is 11.6 Å². The van der Waals surface area contributed by atoms with Crippen LogP contribution < -0.4 is 10.0 Å². The fourth-order valence-corrected chi connectivity index (χ4v) is 4.20. The lowest BCUT2D eigenvalue weighted by Crippen LogP contribution is -2.42. The van der Waals surface area contributed by atoms with E-state index in [9.17, 15) is 9.35 Å². The van der Waals surface area contributed by atoms with Crippen molar-refractivity contribution in [3.8, 4) is 0 Å². The van der Waals surface area contributed by atoms with Crippen LogP contribution >= 0.6 is 27.5 Å². The molecule has 0 radical (unpaired) electrons. The molecule has 1 amide bonds. The molecule has 9 heteroatoms. The molecule has 3 rings (SSSR count). The maximum atomic E-state index is 12.6. The van der Waals surface area contributed by atoms with Crippen LogP contribution in [0.3, 0.4) is 0 Å². The summed E-state index contributed by atoms with van der Waals surface area (Å²) in [5.74, 6) is -0.326. The number of aryl methyl sites for hydroxylation is 1. The molecule has 1 aromatic carbocycles. The van der Waals surface area contributed by atoms with Crippen LogP contribution in [0.2, 0.25) is 5.02 Å². The van der Waals surface area contributed by atoms with Gasteiger partial charge in [-0.3, -0.25) is 9.48 Å². The van der Waals surface area contributed by atoms with Crippen molar-refractivity contribution in [1.82, 2.24) is 14.5 Å². The number of amides is 1. The van der Waals surface area contributed by atoms with E-state index in [1.807, 2.05) is 25.5 Å². The highest BCUT2D eigenvalue weighted by Gasteiger charge is 2.33. The van der Waals surface area contributed by atoms with Gasteiger partial charge in [-0.2, -0.15) is 5.10 Å². The van der Waals surface area contributed by atoms with Gasteiger partial charge in [0.25, 0.3) is 5.91 Å². The highest BCUT2D eigenvalue weighted by atomic mass is 79.9. The van der Waals surface area contributed by atoms with E-state index in [1.165, 1.54) is 0 Å². The highest BCUT2D eigenvalue weighted by molar-refractivity contribution is 9.10. The van der Waals surface area contributed by atoms with E-state index in [2.05, 4.69) is 31.1 Å². The van der Waals surface area contributed by atoms with Crippen LogP contribution in [-0.2, 0) is 17.9 Å². The Bertz CT molecular complexity index is 852. The third-order valence-electron chi connectivity index (χ3n) is 4.27. The summed E-state index contributed by atoms with van der Waals surface area (Å²) in [7, 11) is 0. The second kappa shape index (κ2) is 8.13. The standard InChI is InChI=1S/C18H22BrClN4O2S/c1-18(2,3)27(26)23-12-8-5-9-24-15(12)10-14(22-24)17(25)21-13-7-4-6-11(19)16(13)20/h4,6-7,10,12,23H,5,8-9H2,1-3H3,(H,21,25)/t12-,27?/m0/s1. The molecule has 1 unspecified atom stereocenters. The number of nitrogens with one attached hydrogen (secondary N) is 2. The Labute approximate surface area is 175 Å². The lowest BCUT2D eigenvalue weighted by Gasteiger charge is -2.30. The molecule has 0 bridgehead atoms. The van der Waals surface area contributed by atoms with Gasteiger partial charge in [0, 0.05) is 22.4 Å². The van der Waals surface area contributed by atoms with E-state index in [-0.39, 0.29) is 16.7 Å². The smallest absolute Gasteiger partial charge is 0.276 e. The van der Waals surface area contributed by atoms with Crippen LogP contribution in [-0.4, -0.2) is 25.0 Å². The van der Waals surface area contributed by atoms with Gasteiger partial charge in [0.15, 0.2) is 5.69 Å². The molecule has 2 N–H and O–H groups in total. The van der Waals surface area contributed by atoms with Gasteiger partial charge in [-0.15, -0.1) is 4.72 Å². The number of carbonyl (C=O) groups excluding carboxylic acids is 1. The first-order chi connectivity index (χ1) is 12.7. The Morgan fingerprint density at radius 3 is 2.89 bits per heavy atom. The number of rotatable bonds is 4. The number of hydrogen-bond acceptors (Lipinski definition) is 4. The maximum absolute atomic E-state index is 12.6. The average molecular weight is 474 g/mol. The van der Waals surface area contributed by atoms with E-state index >= 15 is 0 Å². The second-order valence-electron chi connectivity index (χ2n) is 7.43. The summed E-state index contributed by atoms with van der Waals surface area (Å²) in [4.78, 5) is 12.6. The zero-order valence-electron chi connectivity index (χ0n) is 15.4. The van der Waals surface area contributed by atoms with Gasteiger partial charge in [0.1, 0.15) is 4.75 Å². The summed E-state index contributed by atoms with van der Waals surface area (Å²) in [5, 5.41) is 7.67. The van der Waals surface area contributed by atoms with Crippen molar-refractivity contribution in [3.05, 3.63) is 45.1 Å². The predicted molar refractivity (Wildman–Crippen MR) is 112 cm³/mol. The number of hydrogen-bond donors (Lipinski definition) is 2. The lowest BCUT2D eigenvalue weighted by molar-refractivity contribution is 0.102. The molecule has 146 valence electrons. The van der Waals surface area contributed by atoms with E-state index in [0.717, 1.165) is 25.1 Å². The Kier molecular flexibility index (Phi) is 6.22. The molecule has 0 aliphatic carbocycles. The first kappa shape index (κ1) is 20.7. The molecule has 27 heavy (non-hydrogen) atoms. The molecule has 2 atom stereocenters. The molecule has 1 aliphatic rings. The first-order valence-corrected chi connectivity index (χ1v) is 11.0. The number of aromatic nitrogens is 2. The number of carbonyl (C=O) groups is 1. The highest BCUT2D eigenvalue weighted by Crippen LogP contribution is 2.31. The van der Waals surface area contributed by atoms with Crippen LogP contribution in [0.5, 0.6) is 0 Å². The quantitative estimate of drug-likeness (QED) is 0.643. The zero-order chi connectivity index (χ0) is 19.8. The topological polar surface area (TPSA) is 82.0 Å². The third kappa shape index (κ3) is 4.68. The molecule has 1 aromatic heterocycles. The van der Waals surface area contributed by atoms with Crippen molar-refractivity contribution in [2.75, 3.05) is 5.32 Å². The molecule has 0 saturated carbocycles. The van der Waals surface area contributed by atoms with E-state index in [1.54, 1.807) is 24.3 Å². The fraction of sp³-hybridized carbons (Fsp3) is 0.444. The summed E-state index contributed by atoms with van der Waals surface area (Å²) in [5.41, 5.74) is 1.71. The van der Waals surface area contributed by atoms with Crippen LogP contribution in [0.4, 0.5) is 5.69 Å². The largest absolute Gasteiger partial charge is 0.598 e. The normalized spacial score (nSPS) is 18.1. The summed E-state index contributed by atoms with van der Waals surface area (Å²) in [6.45, 7) is 6.52. The summed E-state index contributed by atoms with van der Waals surface area (Å²) >= 11 is 8.37. The fourth-order valence-electron chi connectivity index (χ4n) is 2.81. The maximum Gasteiger partial charge on any atom is 0.276 e. The van der Waals surface area contributed by atoms with Gasteiger partial charge < -0.3 is 9.87 Å². The van der Waals surface area contributed by atoms with Crippen molar-refractivity contribution >= 4 is 50.5 Å². The monoisotopic (exact) mass is 472 g/mol. The van der Waals surface area contributed by atoms with E-state index in [0.29, 0.717) is 20.9 Å². The van der Waals surface area contributed by atoms with Gasteiger partial charge in [-0.25, -0.2) is 0 Å². The van der Waals surface area contributed by atoms with Crippen molar-refractivity contribution < 1.29 is 9.35 Å². The molecule has 2 heterocycles. The lowest BCUT2D eigenvalue weighted by atomic mass is 10.1. The molecule has 0 fully saturated rings. The van der Waals surface area contributed by atoms with Crippen LogP contribution in [0, 0.1) is 0 Å². The Morgan fingerprint density at radius 2 is 2.19 bits per heavy atom. The molecular formula is C18H22BrClN4O2S. The molecule has 2 aromatic rings. The molecule has 1 aliphatic heterocycles. The Balaban J connectivity index is 1.79. The molecule has 0 spiro atoms. The summed E-state index contributed by atoms with van der Waals surface area (Å²) < 4.78 is 17.8. The van der Waals surface area contributed by atoms with Gasteiger partial charge >= 0.3 is 0 Å². The van der Waals surface area contributed by atoms with Gasteiger partial charge in [-0.05, 0) is 67.7 Å². The van der Waals surface area contributed by atoms with Crippen molar-refractivity contribution in [2.24, 2.45) is 0 Å². The van der Waals surface area contributed by atoms with Crippen LogP contribution in [0.15, 0.2) is 28.7 Å². The van der Waals surface area contributed by atoms with Crippen LogP contribution in [0.1, 0.15) is 55.8 Å². The number of nitrogens with zero attached hydrogens (tertiary/aromatic N) is 2. The minimum absolute atomic E-state index is 0.0951. The van der Waals surface area contributed by atoms with Gasteiger partial charge in [0.2, 0.25) is 0 Å². The van der Waals surface area contributed by atoms with E-state index < -0.39 is 11.4 Å². The predicted octanol–water partition coefficient (Wildman–Crippen LogP) is 4.44. The minimum Gasteiger partial charge on any atom is -0.598 e. The number of fused-ring (bicyclic) bond motifs is 1. The third-order valence-corrected chi connectivity index (χ3v) is 7.18. The van der Waals surface area contributed by atoms with Crippen LogP contribution in [0.25, 0.3) is 0 Å². The number of halogens is 2. The minimum atomic E-state index is -1.20. The number of benzene rings is 1. The van der Waals surface area contributed by atoms with Crippen molar-refractivity contribution in [1.29, 1.82) is 0 Å². The SMILES string of the molecule is CC(C)(C)[S+]([O-])N[C@H]1CCCn2nc(C(=O)Nc3cccc(Br)c3Cl)cc21. The van der Waals surface area contributed by atoms with Gasteiger partial charge in [0.05, 0.1) is 22.4 Å².